The minimum atomic E-state index is 0.453. The molecule has 0 spiro atoms. The van der Waals surface area contributed by atoms with Crippen LogP contribution in [0.25, 0.3) is 0 Å². The quantitative estimate of drug-likeness (QED) is 0.817. The molecule has 0 amide bonds. The average molecular weight is 246 g/mol. The van der Waals surface area contributed by atoms with Gasteiger partial charge in [-0.15, -0.1) is 0 Å². The van der Waals surface area contributed by atoms with Crippen molar-refractivity contribution in [2.75, 3.05) is 6.54 Å². The third kappa shape index (κ3) is 4.09. The molecule has 1 atom stereocenters. The van der Waals surface area contributed by atoms with E-state index in [0.717, 1.165) is 12.5 Å². The Labute approximate surface area is 111 Å². The van der Waals surface area contributed by atoms with Crippen LogP contribution in [0, 0.1) is 5.92 Å². The van der Waals surface area contributed by atoms with Crippen LogP contribution >= 0.6 is 0 Å². The molecule has 1 aliphatic carbocycles. The SMILES string of the molecule is CCCNC(CC1CCCCC1)c1ccccn1. The van der Waals surface area contributed by atoms with Crippen molar-refractivity contribution in [3.05, 3.63) is 30.1 Å². The van der Waals surface area contributed by atoms with Crippen LogP contribution in [0.4, 0.5) is 0 Å². The second kappa shape index (κ2) is 7.52. The lowest BCUT2D eigenvalue weighted by molar-refractivity contribution is 0.297. The molecule has 1 saturated carbocycles. The van der Waals surface area contributed by atoms with Crippen molar-refractivity contribution in [1.29, 1.82) is 0 Å². The largest absolute Gasteiger partial charge is 0.309 e. The van der Waals surface area contributed by atoms with Gasteiger partial charge in [0.1, 0.15) is 0 Å². The fourth-order valence-electron chi connectivity index (χ4n) is 2.97. The highest BCUT2D eigenvalue weighted by molar-refractivity contribution is 5.08. The van der Waals surface area contributed by atoms with Gasteiger partial charge in [-0.2, -0.15) is 0 Å². The number of rotatable bonds is 6. The van der Waals surface area contributed by atoms with Crippen molar-refractivity contribution in [2.45, 2.75) is 57.9 Å². The Hall–Kier alpha value is -0.890. The predicted octanol–water partition coefficient (Wildman–Crippen LogP) is 4.09. The lowest BCUT2D eigenvalue weighted by Gasteiger charge is -2.27. The van der Waals surface area contributed by atoms with Crippen LogP contribution in [0.3, 0.4) is 0 Å². The Morgan fingerprint density at radius 3 is 2.78 bits per heavy atom. The minimum absolute atomic E-state index is 0.453. The number of nitrogens with zero attached hydrogens (tertiary/aromatic N) is 1. The van der Waals surface area contributed by atoms with Gasteiger partial charge in [0.2, 0.25) is 0 Å². The van der Waals surface area contributed by atoms with Crippen molar-refractivity contribution in [3.8, 4) is 0 Å². The molecule has 0 aromatic carbocycles. The van der Waals surface area contributed by atoms with Gasteiger partial charge in [0, 0.05) is 12.2 Å². The van der Waals surface area contributed by atoms with E-state index in [1.807, 2.05) is 12.3 Å². The number of aromatic nitrogens is 1. The van der Waals surface area contributed by atoms with E-state index in [4.69, 9.17) is 0 Å². The summed E-state index contributed by atoms with van der Waals surface area (Å²) in [5.41, 5.74) is 1.22. The molecular formula is C16H26N2. The molecule has 1 aromatic heterocycles. The van der Waals surface area contributed by atoms with Gasteiger partial charge in [-0.1, -0.05) is 45.1 Å². The summed E-state index contributed by atoms with van der Waals surface area (Å²) in [5, 5.41) is 3.67. The van der Waals surface area contributed by atoms with E-state index in [9.17, 15) is 0 Å². The van der Waals surface area contributed by atoms with Crippen LogP contribution in [0.5, 0.6) is 0 Å². The number of pyridine rings is 1. The summed E-state index contributed by atoms with van der Waals surface area (Å²) in [6.07, 6.45) is 11.5. The number of hydrogen-bond acceptors (Lipinski definition) is 2. The molecule has 18 heavy (non-hydrogen) atoms. The van der Waals surface area contributed by atoms with Gasteiger partial charge >= 0.3 is 0 Å². The average Bonchev–Trinajstić information content (AvgIpc) is 2.45. The van der Waals surface area contributed by atoms with Crippen molar-refractivity contribution in [3.63, 3.8) is 0 Å². The first-order chi connectivity index (χ1) is 8.90. The van der Waals surface area contributed by atoms with Crippen LogP contribution in [-0.2, 0) is 0 Å². The molecule has 100 valence electrons. The Bertz CT molecular complexity index is 317. The highest BCUT2D eigenvalue weighted by Gasteiger charge is 2.20. The zero-order chi connectivity index (χ0) is 12.6. The maximum Gasteiger partial charge on any atom is 0.0573 e. The molecular weight excluding hydrogens is 220 g/mol. The van der Waals surface area contributed by atoms with Crippen LogP contribution in [0.15, 0.2) is 24.4 Å². The van der Waals surface area contributed by atoms with Gasteiger partial charge in [0.15, 0.2) is 0 Å². The van der Waals surface area contributed by atoms with Gasteiger partial charge in [-0.3, -0.25) is 4.98 Å². The Morgan fingerprint density at radius 2 is 2.11 bits per heavy atom. The van der Waals surface area contributed by atoms with E-state index in [1.54, 1.807) is 0 Å². The van der Waals surface area contributed by atoms with Crippen LogP contribution in [0.1, 0.15) is 63.6 Å². The Morgan fingerprint density at radius 1 is 1.28 bits per heavy atom. The van der Waals surface area contributed by atoms with Gasteiger partial charge in [-0.05, 0) is 37.4 Å². The summed E-state index contributed by atoms with van der Waals surface area (Å²) in [6.45, 7) is 3.32. The summed E-state index contributed by atoms with van der Waals surface area (Å²) in [7, 11) is 0. The normalized spacial score (nSPS) is 18.7. The predicted molar refractivity (Wildman–Crippen MR) is 76.5 cm³/mol. The van der Waals surface area contributed by atoms with E-state index in [0.29, 0.717) is 6.04 Å². The zero-order valence-corrected chi connectivity index (χ0v) is 11.6. The fraction of sp³-hybridized carbons (Fsp3) is 0.688. The Balaban J connectivity index is 1.95. The van der Waals surface area contributed by atoms with E-state index in [-0.39, 0.29) is 0 Å². The second-order valence-electron chi connectivity index (χ2n) is 5.50. The van der Waals surface area contributed by atoms with Crippen molar-refractivity contribution in [2.24, 2.45) is 5.92 Å². The lowest BCUT2D eigenvalue weighted by Crippen LogP contribution is -2.26. The standard InChI is InChI=1S/C16H26N2/c1-2-11-17-16(15-10-6-7-12-18-15)13-14-8-4-3-5-9-14/h6-7,10,12,14,16-17H,2-5,8-9,11,13H2,1H3. The first-order valence-electron chi connectivity index (χ1n) is 7.54. The zero-order valence-electron chi connectivity index (χ0n) is 11.6. The first kappa shape index (κ1) is 13.5. The van der Waals surface area contributed by atoms with Crippen molar-refractivity contribution >= 4 is 0 Å². The molecule has 2 heteroatoms. The van der Waals surface area contributed by atoms with Gasteiger partial charge in [-0.25, -0.2) is 0 Å². The second-order valence-corrected chi connectivity index (χ2v) is 5.50. The van der Waals surface area contributed by atoms with Crippen molar-refractivity contribution < 1.29 is 0 Å². The lowest BCUT2D eigenvalue weighted by atomic mass is 9.84. The maximum absolute atomic E-state index is 4.53. The molecule has 0 saturated heterocycles. The molecule has 1 heterocycles. The molecule has 1 N–H and O–H groups in total. The Kier molecular flexibility index (Phi) is 5.66. The highest BCUT2D eigenvalue weighted by atomic mass is 14.9. The van der Waals surface area contributed by atoms with Gasteiger partial charge in [0.05, 0.1) is 5.69 Å². The number of hydrogen-bond donors (Lipinski definition) is 1. The smallest absolute Gasteiger partial charge is 0.0573 e. The van der Waals surface area contributed by atoms with E-state index >= 15 is 0 Å². The molecule has 0 aliphatic heterocycles. The van der Waals surface area contributed by atoms with E-state index in [1.165, 1.54) is 50.6 Å². The molecule has 2 nitrogen and oxygen atoms in total. The monoisotopic (exact) mass is 246 g/mol. The molecule has 1 aliphatic rings. The molecule has 1 fully saturated rings. The maximum atomic E-state index is 4.53. The summed E-state index contributed by atoms with van der Waals surface area (Å²) < 4.78 is 0. The van der Waals surface area contributed by atoms with Gasteiger partial charge in [0.25, 0.3) is 0 Å². The molecule has 1 aromatic rings. The molecule has 0 radical (unpaired) electrons. The van der Waals surface area contributed by atoms with Crippen LogP contribution < -0.4 is 5.32 Å². The van der Waals surface area contributed by atoms with E-state index < -0.39 is 0 Å². The van der Waals surface area contributed by atoms with Gasteiger partial charge < -0.3 is 5.32 Å². The minimum Gasteiger partial charge on any atom is -0.309 e. The van der Waals surface area contributed by atoms with Crippen LogP contribution in [-0.4, -0.2) is 11.5 Å². The van der Waals surface area contributed by atoms with Crippen LogP contribution in [0.2, 0.25) is 0 Å². The molecule has 2 rings (SSSR count). The van der Waals surface area contributed by atoms with Crippen molar-refractivity contribution in [1.82, 2.24) is 10.3 Å². The topological polar surface area (TPSA) is 24.9 Å². The highest BCUT2D eigenvalue weighted by Crippen LogP contribution is 2.31. The summed E-state index contributed by atoms with van der Waals surface area (Å²) in [4.78, 5) is 4.53. The molecule has 1 unspecified atom stereocenters. The number of nitrogens with one attached hydrogen (secondary N) is 1. The fourth-order valence-corrected chi connectivity index (χ4v) is 2.97. The summed E-state index contributed by atoms with van der Waals surface area (Å²) in [6, 6.07) is 6.72. The molecule has 0 bridgehead atoms. The summed E-state index contributed by atoms with van der Waals surface area (Å²) in [5.74, 6) is 0.898. The third-order valence-electron chi connectivity index (χ3n) is 3.98. The van der Waals surface area contributed by atoms with E-state index in [2.05, 4.69) is 29.4 Å². The summed E-state index contributed by atoms with van der Waals surface area (Å²) >= 11 is 0. The third-order valence-corrected chi connectivity index (χ3v) is 3.98. The first-order valence-corrected chi connectivity index (χ1v) is 7.54.